The Kier molecular flexibility index (Phi) is 4.13. The number of benzene rings is 1. The molecule has 3 heteroatoms. The number of nitrogens with one attached hydrogen (secondary N) is 1. The molecule has 2 nitrogen and oxygen atoms in total. The van der Waals surface area contributed by atoms with Crippen molar-refractivity contribution in [1.82, 2.24) is 5.32 Å². The maximum absolute atomic E-state index is 12.8. The van der Waals surface area contributed by atoms with Crippen molar-refractivity contribution in [1.29, 1.82) is 0 Å². The third kappa shape index (κ3) is 3.51. The molecule has 1 saturated carbocycles. The zero-order valence-electron chi connectivity index (χ0n) is 10.3. The smallest absolute Gasteiger partial charge is 0.123 e. The first-order valence-corrected chi connectivity index (χ1v) is 6.42. The van der Waals surface area contributed by atoms with E-state index in [-0.39, 0.29) is 11.9 Å². The van der Waals surface area contributed by atoms with Crippen LogP contribution in [0.4, 0.5) is 4.39 Å². The molecule has 0 aromatic heterocycles. The van der Waals surface area contributed by atoms with Gasteiger partial charge in [-0.2, -0.15) is 0 Å². The molecule has 17 heavy (non-hydrogen) atoms. The van der Waals surface area contributed by atoms with Gasteiger partial charge < -0.3 is 11.1 Å². The first kappa shape index (κ1) is 12.5. The van der Waals surface area contributed by atoms with E-state index in [4.69, 9.17) is 5.73 Å². The van der Waals surface area contributed by atoms with E-state index in [0.29, 0.717) is 12.1 Å². The average molecular weight is 236 g/mol. The summed E-state index contributed by atoms with van der Waals surface area (Å²) in [5, 5.41) is 3.58. The molecule has 0 aliphatic heterocycles. The molecule has 0 spiro atoms. The highest BCUT2D eigenvalue weighted by Crippen LogP contribution is 2.21. The second-order valence-corrected chi connectivity index (χ2v) is 5.06. The molecule has 0 heterocycles. The summed E-state index contributed by atoms with van der Waals surface area (Å²) in [5.74, 6) is -0.180. The SMILES string of the molecule is CC(NC1CCCC(N)C1)c1ccc(F)cc1. The second-order valence-electron chi connectivity index (χ2n) is 5.06. The van der Waals surface area contributed by atoms with E-state index in [2.05, 4.69) is 12.2 Å². The van der Waals surface area contributed by atoms with Gasteiger partial charge in [0.2, 0.25) is 0 Å². The molecular weight excluding hydrogens is 215 g/mol. The van der Waals surface area contributed by atoms with Gasteiger partial charge in [-0.05, 0) is 43.9 Å². The van der Waals surface area contributed by atoms with Crippen LogP contribution in [0.5, 0.6) is 0 Å². The Labute approximate surface area is 102 Å². The highest BCUT2D eigenvalue weighted by atomic mass is 19.1. The van der Waals surface area contributed by atoms with E-state index in [9.17, 15) is 4.39 Å². The van der Waals surface area contributed by atoms with E-state index in [1.807, 2.05) is 12.1 Å². The molecule has 1 aromatic carbocycles. The van der Waals surface area contributed by atoms with E-state index in [0.717, 1.165) is 18.4 Å². The Morgan fingerprint density at radius 2 is 2.00 bits per heavy atom. The third-order valence-corrected chi connectivity index (χ3v) is 3.57. The molecule has 94 valence electrons. The molecule has 1 aromatic rings. The molecule has 0 saturated heterocycles. The number of hydrogen-bond acceptors (Lipinski definition) is 2. The van der Waals surface area contributed by atoms with Crippen LogP contribution in [-0.2, 0) is 0 Å². The summed E-state index contributed by atoms with van der Waals surface area (Å²) in [6.45, 7) is 2.12. The molecular formula is C14H21FN2. The van der Waals surface area contributed by atoms with Crippen LogP contribution in [0.25, 0.3) is 0 Å². The van der Waals surface area contributed by atoms with Crippen LogP contribution in [0.1, 0.15) is 44.2 Å². The quantitative estimate of drug-likeness (QED) is 0.847. The highest BCUT2D eigenvalue weighted by molar-refractivity contribution is 5.19. The zero-order valence-corrected chi connectivity index (χ0v) is 10.3. The van der Waals surface area contributed by atoms with Crippen LogP contribution in [0, 0.1) is 5.82 Å². The number of rotatable bonds is 3. The average Bonchev–Trinajstić information content (AvgIpc) is 2.29. The molecule has 1 aliphatic rings. The van der Waals surface area contributed by atoms with Gasteiger partial charge in [0.1, 0.15) is 5.82 Å². The largest absolute Gasteiger partial charge is 0.328 e. The van der Waals surface area contributed by atoms with Crippen molar-refractivity contribution >= 4 is 0 Å². The topological polar surface area (TPSA) is 38.0 Å². The first-order chi connectivity index (χ1) is 8.15. The Balaban J connectivity index is 1.91. The van der Waals surface area contributed by atoms with Crippen molar-refractivity contribution in [2.24, 2.45) is 5.73 Å². The van der Waals surface area contributed by atoms with E-state index >= 15 is 0 Å². The molecule has 0 bridgehead atoms. The minimum atomic E-state index is -0.180. The fraction of sp³-hybridized carbons (Fsp3) is 0.571. The summed E-state index contributed by atoms with van der Waals surface area (Å²) in [7, 11) is 0. The Bertz CT molecular complexity index is 350. The summed E-state index contributed by atoms with van der Waals surface area (Å²) in [6, 6.07) is 7.80. The monoisotopic (exact) mass is 236 g/mol. The first-order valence-electron chi connectivity index (χ1n) is 6.42. The maximum atomic E-state index is 12.8. The number of hydrogen-bond donors (Lipinski definition) is 2. The molecule has 2 rings (SSSR count). The fourth-order valence-corrected chi connectivity index (χ4v) is 2.58. The lowest BCUT2D eigenvalue weighted by Crippen LogP contribution is -2.40. The summed E-state index contributed by atoms with van der Waals surface area (Å²) in [5.41, 5.74) is 7.10. The number of nitrogens with two attached hydrogens (primary N) is 1. The summed E-state index contributed by atoms with van der Waals surface area (Å²) in [4.78, 5) is 0. The van der Waals surface area contributed by atoms with Gasteiger partial charge in [-0.25, -0.2) is 4.39 Å². The summed E-state index contributed by atoms with van der Waals surface area (Å²) >= 11 is 0. The zero-order chi connectivity index (χ0) is 12.3. The summed E-state index contributed by atoms with van der Waals surface area (Å²) in [6.07, 6.45) is 4.59. The van der Waals surface area contributed by atoms with Gasteiger partial charge >= 0.3 is 0 Å². The van der Waals surface area contributed by atoms with E-state index in [1.54, 1.807) is 0 Å². The van der Waals surface area contributed by atoms with Crippen molar-refractivity contribution in [2.75, 3.05) is 0 Å². The van der Waals surface area contributed by atoms with Crippen LogP contribution in [0.2, 0.25) is 0 Å². The van der Waals surface area contributed by atoms with Crippen molar-refractivity contribution in [3.05, 3.63) is 35.6 Å². The number of halogens is 1. The van der Waals surface area contributed by atoms with E-state index in [1.165, 1.54) is 25.0 Å². The molecule has 0 radical (unpaired) electrons. The molecule has 0 amide bonds. The normalized spacial score (nSPS) is 26.8. The summed E-state index contributed by atoms with van der Waals surface area (Å²) < 4.78 is 12.8. The lowest BCUT2D eigenvalue weighted by atomic mass is 9.91. The Hall–Kier alpha value is -0.930. The predicted octanol–water partition coefficient (Wildman–Crippen LogP) is 2.75. The second kappa shape index (κ2) is 5.61. The van der Waals surface area contributed by atoms with Crippen molar-refractivity contribution in [2.45, 2.75) is 50.7 Å². The van der Waals surface area contributed by atoms with Gasteiger partial charge in [0.15, 0.2) is 0 Å². The van der Waals surface area contributed by atoms with Crippen molar-refractivity contribution in [3.63, 3.8) is 0 Å². The van der Waals surface area contributed by atoms with Gasteiger partial charge in [0.05, 0.1) is 0 Å². The van der Waals surface area contributed by atoms with Crippen LogP contribution in [-0.4, -0.2) is 12.1 Å². The molecule has 3 unspecified atom stereocenters. The molecule has 3 atom stereocenters. The molecule has 1 aliphatic carbocycles. The van der Waals surface area contributed by atoms with Crippen molar-refractivity contribution < 1.29 is 4.39 Å². The lowest BCUT2D eigenvalue weighted by Gasteiger charge is -2.30. The van der Waals surface area contributed by atoms with Gasteiger partial charge in [0, 0.05) is 18.1 Å². The highest BCUT2D eigenvalue weighted by Gasteiger charge is 2.20. The van der Waals surface area contributed by atoms with Crippen LogP contribution in [0.3, 0.4) is 0 Å². The molecule has 3 N–H and O–H groups in total. The minimum absolute atomic E-state index is 0.180. The van der Waals surface area contributed by atoms with Gasteiger partial charge in [-0.1, -0.05) is 18.6 Å². The third-order valence-electron chi connectivity index (χ3n) is 3.57. The van der Waals surface area contributed by atoms with Crippen LogP contribution >= 0.6 is 0 Å². The van der Waals surface area contributed by atoms with Gasteiger partial charge in [0.25, 0.3) is 0 Å². The predicted molar refractivity (Wildman–Crippen MR) is 68.2 cm³/mol. The minimum Gasteiger partial charge on any atom is -0.328 e. The van der Waals surface area contributed by atoms with Gasteiger partial charge in [-0.15, -0.1) is 0 Å². The maximum Gasteiger partial charge on any atom is 0.123 e. The van der Waals surface area contributed by atoms with Gasteiger partial charge in [-0.3, -0.25) is 0 Å². The lowest BCUT2D eigenvalue weighted by molar-refractivity contribution is 0.319. The molecule has 1 fully saturated rings. The van der Waals surface area contributed by atoms with Crippen molar-refractivity contribution in [3.8, 4) is 0 Å². The Morgan fingerprint density at radius 1 is 1.29 bits per heavy atom. The fourth-order valence-electron chi connectivity index (χ4n) is 2.58. The van der Waals surface area contributed by atoms with Crippen LogP contribution in [0.15, 0.2) is 24.3 Å². The Morgan fingerprint density at radius 3 is 2.65 bits per heavy atom. The van der Waals surface area contributed by atoms with E-state index < -0.39 is 0 Å². The van der Waals surface area contributed by atoms with Crippen LogP contribution < -0.4 is 11.1 Å². The standard InChI is InChI=1S/C14H21FN2/c1-10(11-5-7-12(15)8-6-11)17-14-4-2-3-13(16)9-14/h5-8,10,13-14,17H,2-4,9,16H2,1H3.